The van der Waals surface area contributed by atoms with Crippen LogP contribution in [0.25, 0.3) is 0 Å². The molecule has 0 saturated heterocycles. The Labute approximate surface area is 388 Å². The van der Waals surface area contributed by atoms with E-state index in [1.807, 2.05) is 0 Å². The molecule has 0 radical (unpaired) electrons. The molecule has 63 heavy (non-hydrogen) atoms. The molecule has 4 atom stereocenters. The van der Waals surface area contributed by atoms with Gasteiger partial charge in [0.05, 0.1) is 6.61 Å². The van der Waals surface area contributed by atoms with Crippen molar-refractivity contribution >= 4 is 24.2 Å². The number of aliphatic hydroxyl groups is 2. The lowest BCUT2D eigenvalue weighted by Crippen LogP contribution is -2.52. The van der Waals surface area contributed by atoms with E-state index >= 15 is 0 Å². The number of rotatable bonds is 50. The molecule has 0 aromatic heterocycles. The van der Waals surface area contributed by atoms with Crippen molar-refractivity contribution in [1.29, 1.82) is 0 Å². The second-order valence-electron chi connectivity index (χ2n) is 18.7. The first kappa shape index (κ1) is 61.0. The van der Waals surface area contributed by atoms with Gasteiger partial charge in [0.25, 0.3) is 0 Å². The molecule has 0 bridgehead atoms. The molecule has 9 heteroatoms. The Kier molecular flexibility index (Phi) is 46.4. The number of hydrogen-bond acceptors (Lipinski definition) is 9. The smallest absolute Gasteiger partial charge is 0.306 e. The van der Waals surface area contributed by atoms with Crippen LogP contribution in [0.3, 0.4) is 0 Å². The standard InChI is InChI=1S/C54H102O9/c1-4-7-10-13-16-19-22-25-28-31-34-37-40-43-50(58)61-49(47-56)54(63-52(60)45-42-39-36-33-30-27-24-21-18-15-12-9-6-3)53(48(57)46-55)62-51(59)44-41-38-35-32-29-26-23-20-17-14-11-8-5-2/h47-49,53-55,57H,4-46H2,1-3H3/t48-,49+,53+,54-/m1/s1. The minimum absolute atomic E-state index is 0.0710. The Balaban J connectivity index is 5.06. The fourth-order valence-corrected chi connectivity index (χ4v) is 8.46. The average Bonchev–Trinajstić information content (AvgIpc) is 3.28. The fourth-order valence-electron chi connectivity index (χ4n) is 8.46. The molecule has 2 N–H and O–H groups in total. The third-order valence-corrected chi connectivity index (χ3v) is 12.6. The van der Waals surface area contributed by atoms with Gasteiger partial charge in [0.15, 0.2) is 24.6 Å². The van der Waals surface area contributed by atoms with Gasteiger partial charge in [-0.15, -0.1) is 0 Å². The summed E-state index contributed by atoms with van der Waals surface area (Å²) in [6.07, 6.45) is 39.6. The van der Waals surface area contributed by atoms with E-state index in [-0.39, 0.29) is 19.3 Å². The van der Waals surface area contributed by atoms with E-state index < -0.39 is 48.9 Å². The molecule has 0 spiro atoms. The summed E-state index contributed by atoms with van der Waals surface area (Å²) < 4.78 is 17.0. The molecule has 0 amide bonds. The van der Waals surface area contributed by atoms with Crippen molar-refractivity contribution in [3.05, 3.63) is 0 Å². The number of carbonyl (C=O) groups excluding carboxylic acids is 4. The quantitative estimate of drug-likeness (QED) is 0.0265. The molecule has 0 fully saturated rings. The van der Waals surface area contributed by atoms with E-state index in [1.165, 1.54) is 173 Å². The first-order valence-corrected chi connectivity index (χ1v) is 27.2. The maximum absolute atomic E-state index is 13.2. The number of esters is 3. The van der Waals surface area contributed by atoms with E-state index in [2.05, 4.69) is 20.8 Å². The zero-order chi connectivity index (χ0) is 46.3. The van der Waals surface area contributed by atoms with Gasteiger partial charge >= 0.3 is 17.9 Å². The number of aliphatic hydroxyl groups excluding tert-OH is 2. The third kappa shape index (κ3) is 40.0. The normalized spacial score (nSPS) is 13.3. The van der Waals surface area contributed by atoms with Crippen molar-refractivity contribution in [2.45, 2.75) is 315 Å². The molecule has 0 unspecified atom stereocenters. The Morgan fingerprint density at radius 1 is 0.365 bits per heavy atom. The lowest BCUT2D eigenvalue weighted by Gasteiger charge is -2.32. The van der Waals surface area contributed by atoms with Crippen molar-refractivity contribution in [3.63, 3.8) is 0 Å². The van der Waals surface area contributed by atoms with Gasteiger partial charge in [-0.25, -0.2) is 0 Å². The molecule has 372 valence electrons. The highest BCUT2D eigenvalue weighted by Gasteiger charge is 2.42. The zero-order valence-electron chi connectivity index (χ0n) is 41.5. The van der Waals surface area contributed by atoms with Gasteiger partial charge in [-0.05, 0) is 19.3 Å². The number of aldehydes is 1. The van der Waals surface area contributed by atoms with Gasteiger partial charge in [0.2, 0.25) is 0 Å². The lowest BCUT2D eigenvalue weighted by atomic mass is 10.0. The lowest BCUT2D eigenvalue weighted by molar-refractivity contribution is -0.196. The van der Waals surface area contributed by atoms with Crippen LogP contribution in [-0.4, -0.2) is 65.4 Å². The Bertz CT molecular complexity index is 1020. The molecule has 0 aromatic carbocycles. The van der Waals surface area contributed by atoms with Crippen LogP contribution < -0.4 is 0 Å². The van der Waals surface area contributed by atoms with Gasteiger partial charge in [0.1, 0.15) is 6.10 Å². The minimum atomic E-state index is -1.66. The summed E-state index contributed by atoms with van der Waals surface area (Å²) in [5.41, 5.74) is 0. The molecule has 0 heterocycles. The highest BCUT2D eigenvalue weighted by Crippen LogP contribution is 2.21. The van der Waals surface area contributed by atoms with Crippen LogP contribution in [0.15, 0.2) is 0 Å². The van der Waals surface area contributed by atoms with Gasteiger partial charge in [-0.2, -0.15) is 0 Å². The number of hydrogen-bond donors (Lipinski definition) is 2. The summed E-state index contributed by atoms with van der Waals surface area (Å²) in [5, 5.41) is 20.9. The van der Waals surface area contributed by atoms with Crippen molar-refractivity contribution in [3.8, 4) is 0 Å². The first-order chi connectivity index (χ1) is 30.8. The molecule has 0 aliphatic heterocycles. The number of ether oxygens (including phenoxy) is 3. The van der Waals surface area contributed by atoms with Crippen molar-refractivity contribution < 1.29 is 43.6 Å². The molecule has 0 rings (SSSR count). The molecule has 0 aliphatic rings. The predicted octanol–water partition coefficient (Wildman–Crippen LogP) is 14.7. The third-order valence-electron chi connectivity index (χ3n) is 12.6. The van der Waals surface area contributed by atoms with Crippen LogP contribution in [0.1, 0.15) is 290 Å². The van der Waals surface area contributed by atoms with E-state index in [1.54, 1.807) is 0 Å². The molecule has 0 saturated carbocycles. The average molecular weight is 895 g/mol. The van der Waals surface area contributed by atoms with Gasteiger partial charge in [-0.1, -0.05) is 252 Å². The van der Waals surface area contributed by atoms with Crippen molar-refractivity contribution in [1.82, 2.24) is 0 Å². The van der Waals surface area contributed by atoms with Crippen molar-refractivity contribution in [2.75, 3.05) is 6.61 Å². The predicted molar refractivity (Wildman–Crippen MR) is 260 cm³/mol. The SMILES string of the molecule is CCCCCCCCCCCCCCCC(=O)O[C@H]([C@H](OC(=O)CCCCCCCCCCCCCCC)[C@H](C=O)OC(=O)CCCCCCCCCCCCCCC)[C@H](O)CO. The minimum Gasteiger partial charge on any atom is -0.455 e. The van der Waals surface area contributed by atoms with E-state index in [0.717, 1.165) is 57.8 Å². The summed E-state index contributed by atoms with van der Waals surface area (Å²) in [7, 11) is 0. The molecule has 9 nitrogen and oxygen atoms in total. The summed E-state index contributed by atoms with van der Waals surface area (Å²) in [5.74, 6) is -1.88. The first-order valence-electron chi connectivity index (χ1n) is 27.2. The Hall–Kier alpha value is -2.00. The molecule has 0 aromatic rings. The molecular weight excluding hydrogens is 793 g/mol. The fraction of sp³-hybridized carbons (Fsp3) is 0.926. The number of unbranched alkanes of at least 4 members (excludes halogenated alkanes) is 36. The van der Waals surface area contributed by atoms with Gasteiger partial charge in [-0.3, -0.25) is 19.2 Å². The van der Waals surface area contributed by atoms with Gasteiger partial charge in [0, 0.05) is 19.3 Å². The van der Waals surface area contributed by atoms with E-state index in [9.17, 15) is 29.4 Å². The van der Waals surface area contributed by atoms with Crippen LogP contribution in [0.5, 0.6) is 0 Å². The molecule has 0 aliphatic carbocycles. The van der Waals surface area contributed by atoms with Crippen LogP contribution >= 0.6 is 0 Å². The highest BCUT2D eigenvalue weighted by atomic mass is 16.6. The molecular formula is C54H102O9. The zero-order valence-corrected chi connectivity index (χ0v) is 41.5. The van der Waals surface area contributed by atoms with Gasteiger partial charge < -0.3 is 24.4 Å². The maximum atomic E-state index is 13.2. The monoisotopic (exact) mass is 895 g/mol. The summed E-state index contributed by atoms with van der Waals surface area (Å²) in [4.78, 5) is 51.8. The Morgan fingerprint density at radius 3 is 0.825 bits per heavy atom. The summed E-state index contributed by atoms with van der Waals surface area (Å²) >= 11 is 0. The van der Waals surface area contributed by atoms with Crippen molar-refractivity contribution in [2.24, 2.45) is 0 Å². The summed E-state index contributed by atoms with van der Waals surface area (Å²) in [6, 6.07) is 0. The second kappa shape index (κ2) is 47.9. The van der Waals surface area contributed by atoms with Crippen LogP contribution in [0.2, 0.25) is 0 Å². The Morgan fingerprint density at radius 2 is 0.587 bits per heavy atom. The van der Waals surface area contributed by atoms with Crippen LogP contribution in [0.4, 0.5) is 0 Å². The topological polar surface area (TPSA) is 136 Å². The second-order valence-corrected chi connectivity index (χ2v) is 18.7. The summed E-state index contributed by atoms with van der Waals surface area (Å²) in [6.45, 7) is 5.92. The van der Waals surface area contributed by atoms with Crippen LogP contribution in [0, 0.1) is 0 Å². The van der Waals surface area contributed by atoms with Crippen LogP contribution in [-0.2, 0) is 33.4 Å². The maximum Gasteiger partial charge on any atom is 0.306 e. The largest absolute Gasteiger partial charge is 0.455 e. The van der Waals surface area contributed by atoms with E-state index in [0.29, 0.717) is 25.5 Å². The highest BCUT2D eigenvalue weighted by molar-refractivity contribution is 5.74. The number of carbonyl (C=O) groups is 4. The van der Waals surface area contributed by atoms with E-state index in [4.69, 9.17) is 14.2 Å².